The van der Waals surface area contributed by atoms with E-state index in [0.29, 0.717) is 0 Å². The number of likely N-dealkylation sites (N-methyl/N-ethyl adjacent to an activating group) is 1. The number of sulfonamides is 1. The van der Waals surface area contributed by atoms with Gasteiger partial charge in [0.05, 0.1) is 4.90 Å². The number of hydrogen-bond acceptors (Lipinski definition) is 5. The van der Waals surface area contributed by atoms with E-state index >= 15 is 0 Å². The molecule has 1 atom stereocenters. The predicted molar refractivity (Wildman–Crippen MR) is 108 cm³/mol. The molecule has 146 valence electrons. The first-order chi connectivity index (χ1) is 13.8. The summed E-state index contributed by atoms with van der Waals surface area (Å²) in [5, 5.41) is 0. The monoisotopic (exact) mass is 406 g/mol. The van der Waals surface area contributed by atoms with E-state index in [1.807, 2.05) is 19.1 Å². The Morgan fingerprint density at radius 2 is 1.76 bits per heavy atom. The van der Waals surface area contributed by atoms with Crippen LogP contribution in [-0.4, -0.2) is 42.4 Å². The van der Waals surface area contributed by atoms with Gasteiger partial charge >= 0.3 is 0 Å². The fourth-order valence-corrected chi connectivity index (χ4v) is 4.98. The molecule has 0 N–H and O–H groups in total. The average molecular weight is 406 g/mol. The lowest BCUT2D eigenvalue weighted by Gasteiger charge is -2.31. The molecule has 2 aromatic carbocycles. The number of benzene rings is 2. The van der Waals surface area contributed by atoms with Gasteiger partial charge < -0.3 is 0 Å². The van der Waals surface area contributed by atoms with Gasteiger partial charge in [-0.1, -0.05) is 30.3 Å². The molecule has 1 unspecified atom stereocenters. The average Bonchev–Trinajstić information content (AvgIpc) is 2.73. The summed E-state index contributed by atoms with van der Waals surface area (Å²) in [4.78, 5) is 30.3. The molecule has 0 aliphatic carbocycles. The third kappa shape index (κ3) is 3.18. The highest BCUT2D eigenvalue weighted by Gasteiger charge is 2.45. The van der Waals surface area contributed by atoms with E-state index in [9.17, 15) is 18.0 Å². The van der Waals surface area contributed by atoms with Crippen molar-refractivity contribution in [1.82, 2.24) is 9.29 Å². The van der Waals surface area contributed by atoms with Crippen LogP contribution in [0.1, 0.15) is 26.3 Å². The van der Waals surface area contributed by atoms with Crippen LogP contribution in [0.2, 0.25) is 0 Å². The maximum atomic E-state index is 13.2. The van der Waals surface area contributed by atoms with Gasteiger partial charge in [-0.2, -0.15) is 4.31 Å². The van der Waals surface area contributed by atoms with Crippen molar-refractivity contribution in [1.29, 1.82) is 0 Å². The molecule has 0 radical (unpaired) electrons. The quantitative estimate of drug-likeness (QED) is 0.493. The van der Waals surface area contributed by atoms with Crippen LogP contribution in [0.4, 0.5) is 0 Å². The zero-order valence-corrected chi connectivity index (χ0v) is 16.7. The van der Waals surface area contributed by atoms with Gasteiger partial charge in [0.2, 0.25) is 10.0 Å². The number of carbonyl (C=O) groups is 2. The number of nitrogens with zero attached hydrogens (tertiary/aromatic N) is 2. The Morgan fingerprint density at radius 3 is 2.52 bits per heavy atom. The van der Waals surface area contributed by atoms with E-state index in [2.05, 4.69) is 4.98 Å². The van der Waals surface area contributed by atoms with E-state index in [4.69, 9.17) is 0 Å². The summed E-state index contributed by atoms with van der Waals surface area (Å²) in [5.41, 5.74) is 2.89. The molecule has 0 saturated carbocycles. The molecule has 1 aliphatic rings. The van der Waals surface area contributed by atoms with Crippen LogP contribution in [0.15, 0.2) is 71.9 Å². The van der Waals surface area contributed by atoms with Crippen LogP contribution < -0.4 is 0 Å². The molecule has 0 saturated heterocycles. The van der Waals surface area contributed by atoms with Gasteiger partial charge in [-0.3, -0.25) is 14.6 Å². The molecule has 0 spiro atoms. The van der Waals surface area contributed by atoms with Gasteiger partial charge in [-0.25, -0.2) is 8.42 Å². The van der Waals surface area contributed by atoms with Crippen molar-refractivity contribution in [2.75, 3.05) is 7.05 Å². The number of aromatic nitrogens is 1. The van der Waals surface area contributed by atoms with Crippen molar-refractivity contribution in [3.8, 4) is 11.1 Å². The Labute approximate surface area is 168 Å². The number of rotatable bonds is 3. The van der Waals surface area contributed by atoms with Crippen LogP contribution in [0, 0.1) is 6.92 Å². The summed E-state index contributed by atoms with van der Waals surface area (Å²) in [7, 11) is -2.68. The van der Waals surface area contributed by atoms with Crippen molar-refractivity contribution in [3.05, 3.63) is 83.7 Å². The second-order valence-corrected chi connectivity index (χ2v) is 8.95. The van der Waals surface area contributed by atoms with Crippen LogP contribution in [-0.2, 0) is 10.0 Å². The lowest BCUT2D eigenvalue weighted by atomic mass is 9.94. The first-order valence-electron chi connectivity index (χ1n) is 8.98. The Kier molecular flexibility index (Phi) is 4.64. The fraction of sp³-hybridized carbons (Fsp3) is 0.136. The summed E-state index contributed by atoms with van der Waals surface area (Å²) >= 11 is 0. The van der Waals surface area contributed by atoms with E-state index < -0.39 is 27.6 Å². The molecule has 4 rings (SSSR count). The van der Waals surface area contributed by atoms with Gasteiger partial charge in [-0.05, 0) is 42.3 Å². The SMILES string of the molecule is Cc1cncc(-c2cccc(C(=O)C3C(=O)c4ccccc4S(=O)(=O)N3C)c2)c1. The van der Waals surface area contributed by atoms with Gasteiger partial charge in [0, 0.05) is 36.1 Å². The molecule has 2 heterocycles. The van der Waals surface area contributed by atoms with Crippen LogP contribution in [0.3, 0.4) is 0 Å². The number of ketones is 2. The molecular formula is C22H18N2O4S. The van der Waals surface area contributed by atoms with Crippen molar-refractivity contribution in [3.63, 3.8) is 0 Å². The molecule has 29 heavy (non-hydrogen) atoms. The highest BCUT2D eigenvalue weighted by atomic mass is 32.2. The van der Waals surface area contributed by atoms with Crippen LogP contribution in [0.5, 0.6) is 0 Å². The molecule has 6 nitrogen and oxygen atoms in total. The molecule has 7 heteroatoms. The lowest BCUT2D eigenvalue weighted by Crippen LogP contribution is -2.51. The highest BCUT2D eigenvalue weighted by molar-refractivity contribution is 7.89. The first-order valence-corrected chi connectivity index (χ1v) is 10.4. The third-order valence-corrected chi connectivity index (χ3v) is 6.91. The fourth-order valence-electron chi connectivity index (χ4n) is 3.51. The largest absolute Gasteiger partial charge is 0.292 e. The first kappa shape index (κ1) is 19.2. The van der Waals surface area contributed by atoms with Crippen LogP contribution >= 0.6 is 0 Å². The minimum atomic E-state index is -3.94. The number of fused-ring (bicyclic) bond motifs is 1. The van der Waals surface area contributed by atoms with Crippen molar-refractivity contribution in [2.45, 2.75) is 17.9 Å². The van der Waals surface area contributed by atoms with Crippen molar-refractivity contribution >= 4 is 21.6 Å². The normalized spacial score (nSPS) is 18.3. The maximum absolute atomic E-state index is 13.2. The molecule has 3 aromatic rings. The maximum Gasteiger partial charge on any atom is 0.244 e. The Morgan fingerprint density at radius 1 is 1.00 bits per heavy atom. The summed E-state index contributed by atoms with van der Waals surface area (Å²) in [6.07, 6.45) is 3.42. The van der Waals surface area contributed by atoms with E-state index in [-0.39, 0.29) is 16.0 Å². The predicted octanol–water partition coefficient (Wildman–Crippen LogP) is 3.13. The van der Waals surface area contributed by atoms with Gasteiger partial charge in [0.15, 0.2) is 17.6 Å². The number of pyridine rings is 1. The number of carbonyl (C=O) groups excluding carboxylic acids is 2. The van der Waals surface area contributed by atoms with Gasteiger partial charge in [0.25, 0.3) is 0 Å². The molecule has 0 fully saturated rings. The van der Waals surface area contributed by atoms with E-state index in [1.165, 1.54) is 19.2 Å². The van der Waals surface area contributed by atoms with E-state index in [0.717, 1.165) is 21.0 Å². The molecule has 0 amide bonds. The number of Topliss-reactive ketones (excluding diaryl/α,β-unsaturated/α-hetero) is 2. The Balaban J connectivity index is 1.77. The van der Waals surface area contributed by atoms with Crippen molar-refractivity contribution in [2.24, 2.45) is 0 Å². The summed E-state index contributed by atoms with van der Waals surface area (Å²) in [6, 6.07) is 13.3. The number of aryl methyl sites for hydroxylation is 1. The molecule has 1 aliphatic heterocycles. The third-order valence-electron chi connectivity index (χ3n) is 5.03. The zero-order chi connectivity index (χ0) is 20.8. The van der Waals surface area contributed by atoms with Crippen molar-refractivity contribution < 1.29 is 18.0 Å². The molecule has 1 aromatic heterocycles. The Bertz CT molecular complexity index is 1250. The highest BCUT2D eigenvalue weighted by Crippen LogP contribution is 2.31. The van der Waals surface area contributed by atoms with E-state index in [1.54, 1.807) is 42.7 Å². The lowest BCUT2D eigenvalue weighted by molar-refractivity contribution is 0.0784. The smallest absolute Gasteiger partial charge is 0.244 e. The number of hydrogen-bond donors (Lipinski definition) is 0. The molecular weight excluding hydrogens is 388 g/mol. The standard InChI is InChI=1S/C22H18N2O4S/c1-14-10-17(13-23-12-14)15-6-5-7-16(11-15)21(25)20-22(26)18-8-3-4-9-19(18)29(27,28)24(20)2/h3-13,20H,1-2H3. The zero-order valence-electron chi connectivity index (χ0n) is 15.9. The van der Waals surface area contributed by atoms with Gasteiger partial charge in [-0.15, -0.1) is 0 Å². The molecule has 0 bridgehead atoms. The second-order valence-electron chi connectivity index (χ2n) is 6.98. The topological polar surface area (TPSA) is 84.4 Å². The van der Waals surface area contributed by atoms with Crippen LogP contribution in [0.25, 0.3) is 11.1 Å². The minimum absolute atomic E-state index is 0.0444. The summed E-state index contributed by atoms with van der Waals surface area (Å²) in [6.45, 7) is 1.92. The summed E-state index contributed by atoms with van der Waals surface area (Å²) < 4.78 is 26.5. The second kappa shape index (κ2) is 7.02. The summed E-state index contributed by atoms with van der Waals surface area (Å²) in [5.74, 6) is -1.08. The van der Waals surface area contributed by atoms with Gasteiger partial charge in [0.1, 0.15) is 0 Å². The minimum Gasteiger partial charge on any atom is -0.292 e. The Hall–Kier alpha value is -3.16.